The van der Waals surface area contributed by atoms with Gasteiger partial charge in [-0.1, -0.05) is 11.6 Å². The Morgan fingerprint density at radius 3 is 3.06 bits per heavy atom. The minimum absolute atomic E-state index is 0.0433. The minimum Gasteiger partial charge on any atom is -0.348 e. The molecule has 0 aromatic heterocycles. The van der Waals surface area contributed by atoms with E-state index in [9.17, 15) is 4.79 Å². The van der Waals surface area contributed by atoms with Gasteiger partial charge in [-0.15, -0.1) is 0 Å². The van der Waals surface area contributed by atoms with Crippen molar-refractivity contribution in [1.29, 1.82) is 0 Å². The maximum Gasteiger partial charge on any atom is 0.252 e. The smallest absolute Gasteiger partial charge is 0.252 e. The number of halogens is 1. The van der Waals surface area contributed by atoms with Crippen LogP contribution in [0.25, 0.3) is 0 Å². The highest BCUT2D eigenvalue weighted by Gasteiger charge is 2.18. The normalized spacial score (nSPS) is 19.8. The molecule has 2 N–H and O–H groups in total. The van der Waals surface area contributed by atoms with Gasteiger partial charge in [-0.3, -0.25) is 4.79 Å². The first-order valence-electron chi connectivity index (χ1n) is 5.44. The molecule has 1 amide bonds. The second-order valence-corrected chi connectivity index (χ2v) is 5.31. The van der Waals surface area contributed by atoms with Crippen LogP contribution < -0.4 is 10.6 Å². The van der Waals surface area contributed by atoms with Crippen LogP contribution >= 0.6 is 22.6 Å². The van der Waals surface area contributed by atoms with E-state index in [0.29, 0.717) is 0 Å². The Bertz CT molecular complexity index is 400. The average Bonchev–Trinajstić information content (AvgIpc) is 2.74. The fourth-order valence-electron chi connectivity index (χ4n) is 1.85. The monoisotopic (exact) mass is 330 g/mol. The summed E-state index contributed by atoms with van der Waals surface area (Å²) in [5, 5.41) is 6.30. The van der Waals surface area contributed by atoms with E-state index < -0.39 is 0 Å². The lowest BCUT2D eigenvalue weighted by Crippen LogP contribution is -2.36. The summed E-state index contributed by atoms with van der Waals surface area (Å²) < 4.78 is 1.01. The minimum atomic E-state index is 0.0433. The van der Waals surface area contributed by atoms with Crippen molar-refractivity contribution in [3.8, 4) is 0 Å². The molecule has 1 atom stereocenters. The molecule has 16 heavy (non-hydrogen) atoms. The molecule has 1 unspecified atom stereocenters. The SMILES string of the molecule is Cc1ccc(I)c(C(=O)NC2CCNC2)c1. The number of aryl methyl sites for hydroxylation is 1. The first kappa shape index (κ1) is 11.9. The Kier molecular flexibility index (Phi) is 3.81. The molecule has 0 aliphatic carbocycles. The molecule has 0 saturated carbocycles. The van der Waals surface area contributed by atoms with Crippen LogP contribution in [0.3, 0.4) is 0 Å². The lowest BCUT2D eigenvalue weighted by Gasteiger charge is -2.12. The zero-order valence-corrected chi connectivity index (χ0v) is 11.4. The molecule has 1 fully saturated rings. The third-order valence-electron chi connectivity index (χ3n) is 2.76. The van der Waals surface area contributed by atoms with Gasteiger partial charge in [0.05, 0.1) is 5.56 Å². The van der Waals surface area contributed by atoms with Gasteiger partial charge in [0.25, 0.3) is 5.91 Å². The fraction of sp³-hybridized carbons (Fsp3) is 0.417. The summed E-state index contributed by atoms with van der Waals surface area (Å²) in [6, 6.07) is 6.23. The first-order valence-corrected chi connectivity index (χ1v) is 6.52. The van der Waals surface area contributed by atoms with Crippen LogP contribution in [0.1, 0.15) is 22.3 Å². The summed E-state index contributed by atoms with van der Waals surface area (Å²) in [5.41, 5.74) is 1.91. The van der Waals surface area contributed by atoms with E-state index in [2.05, 4.69) is 33.2 Å². The number of carbonyl (C=O) groups excluding carboxylic acids is 1. The topological polar surface area (TPSA) is 41.1 Å². The second-order valence-electron chi connectivity index (χ2n) is 4.15. The number of rotatable bonds is 2. The third-order valence-corrected chi connectivity index (χ3v) is 3.70. The second kappa shape index (κ2) is 5.14. The van der Waals surface area contributed by atoms with Crippen LogP contribution in [0, 0.1) is 10.5 Å². The molecular formula is C12H15IN2O. The van der Waals surface area contributed by atoms with Crippen LogP contribution in [0.5, 0.6) is 0 Å². The summed E-state index contributed by atoms with van der Waals surface area (Å²) in [6.45, 7) is 3.88. The molecule has 1 aromatic carbocycles. The highest BCUT2D eigenvalue weighted by molar-refractivity contribution is 14.1. The first-order chi connectivity index (χ1) is 7.66. The van der Waals surface area contributed by atoms with Crippen LogP contribution in [-0.2, 0) is 0 Å². The van der Waals surface area contributed by atoms with Crippen molar-refractivity contribution in [2.75, 3.05) is 13.1 Å². The molecule has 0 spiro atoms. The van der Waals surface area contributed by atoms with Crippen molar-refractivity contribution in [2.45, 2.75) is 19.4 Å². The van der Waals surface area contributed by atoms with E-state index in [0.717, 1.165) is 34.2 Å². The molecular weight excluding hydrogens is 315 g/mol. The summed E-state index contributed by atoms with van der Waals surface area (Å²) in [5.74, 6) is 0.0433. The van der Waals surface area contributed by atoms with E-state index in [1.165, 1.54) is 0 Å². The molecule has 2 rings (SSSR count). The fourth-order valence-corrected chi connectivity index (χ4v) is 2.43. The van der Waals surface area contributed by atoms with Crippen molar-refractivity contribution in [1.82, 2.24) is 10.6 Å². The van der Waals surface area contributed by atoms with Crippen LogP contribution in [0.2, 0.25) is 0 Å². The molecule has 86 valence electrons. The van der Waals surface area contributed by atoms with E-state index in [4.69, 9.17) is 0 Å². The van der Waals surface area contributed by atoms with Crippen LogP contribution in [-0.4, -0.2) is 25.0 Å². The molecule has 1 saturated heterocycles. The molecule has 0 radical (unpaired) electrons. The molecule has 1 heterocycles. The summed E-state index contributed by atoms with van der Waals surface area (Å²) in [6.07, 6.45) is 1.02. The molecule has 1 aromatic rings. The van der Waals surface area contributed by atoms with E-state index in [1.54, 1.807) is 0 Å². The van der Waals surface area contributed by atoms with Crippen molar-refractivity contribution < 1.29 is 4.79 Å². The Morgan fingerprint density at radius 1 is 1.56 bits per heavy atom. The number of hydrogen-bond donors (Lipinski definition) is 2. The van der Waals surface area contributed by atoms with Gasteiger partial charge in [0, 0.05) is 16.2 Å². The predicted octanol–water partition coefficient (Wildman–Crippen LogP) is 1.69. The standard InChI is InChI=1S/C12H15IN2O/c1-8-2-3-11(13)10(6-8)12(16)15-9-4-5-14-7-9/h2-3,6,9,14H,4-5,7H2,1H3,(H,15,16). The average molecular weight is 330 g/mol. The molecule has 4 heteroatoms. The number of carbonyl (C=O) groups is 1. The van der Waals surface area contributed by atoms with Gasteiger partial charge in [0.1, 0.15) is 0 Å². The van der Waals surface area contributed by atoms with E-state index >= 15 is 0 Å². The Morgan fingerprint density at radius 2 is 2.38 bits per heavy atom. The molecule has 1 aliphatic rings. The maximum atomic E-state index is 12.0. The largest absolute Gasteiger partial charge is 0.348 e. The van der Waals surface area contributed by atoms with Gasteiger partial charge < -0.3 is 10.6 Å². The van der Waals surface area contributed by atoms with Crippen molar-refractivity contribution in [3.05, 3.63) is 32.9 Å². The number of amides is 1. The molecule has 1 aliphatic heterocycles. The van der Waals surface area contributed by atoms with E-state index in [-0.39, 0.29) is 11.9 Å². The summed E-state index contributed by atoms with van der Waals surface area (Å²) in [7, 11) is 0. The van der Waals surface area contributed by atoms with Gasteiger partial charge in [0.15, 0.2) is 0 Å². The van der Waals surface area contributed by atoms with Gasteiger partial charge in [0.2, 0.25) is 0 Å². The van der Waals surface area contributed by atoms with Gasteiger partial charge in [-0.2, -0.15) is 0 Å². The maximum absolute atomic E-state index is 12.0. The highest BCUT2D eigenvalue weighted by atomic mass is 127. The number of benzene rings is 1. The lowest BCUT2D eigenvalue weighted by atomic mass is 10.1. The van der Waals surface area contributed by atoms with Crippen molar-refractivity contribution >= 4 is 28.5 Å². The molecule has 0 bridgehead atoms. The quantitative estimate of drug-likeness (QED) is 0.811. The van der Waals surface area contributed by atoms with Crippen LogP contribution in [0.4, 0.5) is 0 Å². The van der Waals surface area contributed by atoms with E-state index in [1.807, 2.05) is 25.1 Å². The predicted molar refractivity (Wildman–Crippen MR) is 72.6 cm³/mol. The number of hydrogen-bond acceptors (Lipinski definition) is 2. The summed E-state index contributed by atoms with van der Waals surface area (Å²) >= 11 is 2.20. The zero-order valence-electron chi connectivity index (χ0n) is 9.22. The number of nitrogens with one attached hydrogen (secondary N) is 2. The molecule has 3 nitrogen and oxygen atoms in total. The van der Waals surface area contributed by atoms with Gasteiger partial charge >= 0.3 is 0 Å². The van der Waals surface area contributed by atoms with Crippen molar-refractivity contribution in [2.24, 2.45) is 0 Å². The highest BCUT2D eigenvalue weighted by Crippen LogP contribution is 2.14. The summed E-state index contributed by atoms with van der Waals surface area (Å²) in [4.78, 5) is 12.0. The third kappa shape index (κ3) is 2.74. The van der Waals surface area contributed by atoms with Gasteiger partial charge in [-0.05, 0) is 54.6 Å². The van der Waals surface area contributed by atoms with Crippen molar-refractivity contribution in [3.63, 3.8) is 0 Å². The zero-order chi connectivity index (χ0) is 11.5. The Labute approximate surface area is 109 Å². The van der Waals surface area contributed by atoms with Gasteiger partial charge in [-0.25, -0.2) is 0 Å². The lowest BCUT2D eigenvalue weighted by molar-refractivity contribution is 0.0939. The van der Waals surface area contributed by atoms with Crippen LogP contribution in [0.15, 0.2) is 18.2 Å². The Hall–Kier alpha value is -0.620. The Balaban J connectivity index is 2.10.